The number of carbonyl (C=O) groups excluding carboxylic acids is 2. The highest BCUT2D eigenvalue weighted by Gasteiger charge is 2.31. The third-order valence-corrected chi connectivity index (χ3v) is 7.86. The van der Waals surface area contributed by atoms with Gasteiger partial charge in [0.2, 0.25) is 11.8 Å². The molecule has 1 aromatic rings. The molecule has 0 aromatic heterocycles. The summed E-state index contributed by atoms with van der Waals surface area (Å²) in [5.74, 6) is 1.50. The van der Waals surface area contributed by atoms with E-state index in [1.807, 2.05) is 4.90 Å². The number of amides is 2. The Labute approximate surface area is 194 Å². The Hall–Kier alpha value is -1.88. The summed E-state index contributed by atoms with van der Waals surface area (Å²) in [6, 6.07) is 10.8. The first kappa shape index (κ1) is 23.3. The molecule has 176 valence electrons. The minimum Gasteiger partial charge on any atom is -0.342 e. The fraction of sp³-hybridized carbons (Fsp3) is 0.704. The lowest BCUT2D eigenvalue weighted by atomic mass is 9.90. The molecule has 0 radical (unpaired) electrons. The molecule has 1 aromatic carbocycles. The molecule has 0 aliphatic carbocycles. The zero-order chi connectivity index (χ0) is 22.2. The number of hydrogen-bond acceptors (Lipinski definition) is 3. The van der Waals surface area contributed by atoms with Crippen LogP contribution in [0.2, 0.25) is 0 Å². The Bertz CT molecular complexity index is 714. The van der Waals surface area contributed by atoms with Crippen LogP contribution in [0.1, 0.15) is 63.4 Å². The fourth-order valence-corrected chi connectivity index (χ4v) is 5.67. The molecule has 0 unspecified atom stereocenters. The average molecular weight is 440 g/mol. The molecule has 0 bridgehead atoms. The second-order valence-electron chi connectivity index (χ2n) is 10.1. The third kappa shape index (κ3) is 6.57. The van der Waals surface area contributed by atoms with Crippen LogP contribution in [0.15, 0.2) is 30.3 Å². The van der Waals surface area contributed by atoms with Gasteiger partial charge in [0, 0.05) is 32.1 Å². The van der Waals surface area contributed by atoms with E-state index in [1.54, 1.807) is 0 Å². The van der Waals surface area contributed by atoms with Gasteiger partial charge in [0.1, 0.15) is 0 Å². The molecule has 3 saturated heterocycles. The predicted molar refractivity (Wildman–Crippen MR) is 128 cm³/mol. The third-order valence-electron chi connectivity index (χ3n) is 7.86. The van der Waals surface area contributed by atoms with E-state index >= 15 is 0 Å². The number of benzene rings is 1. The van der Waals surface area contributed by atoms with Crippen LogP contribution in [0.3, 0.4) is 0 Å². The Morgan fingerprint density at radius 3 is 2.06 bits per heavy atom. The zero-order valence-corrected chi connectivity index (χ0v) is 19.7. The van der Waals surface area contributed by atoms with Gasteiger partial charge in [0.25, 0.3) is 0 Å². The van der Waals surface area contributed by atoms with Gasteiger partial charge < -0.3 is 9.80 Å². The van der Waals surface area contributed by atoms with Gasteiger partial charge in [-0.1, -0.05) is 43.2 Å². The molecule has 0 N–H and O–H groups in total. The largest absolute Gasteiger partial charge is 0.342 e. The number of hydrogen-bond donors (Lipinski definition) is 0. The van der Waals surface area contributed by atoms with E-state index in [9.17, 15) is 9.59 Å². The summed E-state index contributed by atoms with van der Waals surface area (Å²) in [4.78, 5) is 32.2. The molecule has 5 heteroatoms. The van der Waals surface area contributed by atoms with Gasteiger partial charge in [0.05, 0.1) is 6.54 Å². The molecule has 5 nitrogen and oxygen atoms in total. The van der Waals surface area contributed by atoms with E-state index in [2.05, 4.69) is 40.1 Å². The summed E-state index contributed by atoms with van der Waals surface area (Å²) in [5, 5.41) is 0. The number of carbonyl (C=O) groups is 2. The lowest BCUT2D eigenvalue weighted by molar-refractivity contribution is -0.141. The molecule has 3 aliphatic heterocycles. The lowest BCUT2D eigenvalue weighted by Crippen LogP contribution is -2.48. The molecule has 2 amide bonds. The molecule has 3 heterocycles. The minimum absolute atomic E-state index is 0.123. The van der Waals surface area contributed by atoms with Crippen molar-refractivity contribution in [3.05, 3.63) is 35.9 Å². The second kappa shape index (κ2) is 11.8. The molecule has 0 saturated carbocycles. The highest BCUT2D eigenvalue weighted by Crippen LogP contribution is 2.24. The molecule has 3 fully saturated rings. The van der Waals surface area contributed by atoms with Gasteiger partial charge in [-0.15, -0.1) is 0 Å². The smallest absolute Gasteiger partial charge is 0.236 e. The maximum absolute atomic E-state index is 12.9. The van der Waals surface area contributed by atoms with Gasteiger partial charge in [-0.3, -0.25) is 14.5 Å². The second-order valence-corrected chi connectivity index (χ2v) is 10.1. The standard InChI is InChI=1S/C27H41N3O2/c31-26(22-28-18-12-24(13-19-28)11-10-23-8-4-3-5-9-23)29-20-14-25(15-21-29)27(32)30-16-6-1-2-7-17-30/h3-5,8-9,24-25H,1-2,6-7,10-22H2. The number of rotatable bonds is 6. The van der Waals surface area contributed by atoms with Gasteiger partial charge in [-0.2, -0.15) is 0 Å². The zero-order valence-electron chi connectivity index (χ0n) is 19.7. The summed E-state index contributed by atoms with van der Waals surface area (Å²) in [7, 11) is 0. The number of nitrogens with zero attached hydrogens (tertiary/aromatic N) is 3. The Morgan fingerprint density at radius 2 is 1.41 bits per heavy atom. The van der Waals surface area contributed by atoms with Crippen molar-refractivity contribution >= 4 is 11.8 Å². The summed E-state index contributed by atoms with van der Waals surface area (Å²) >= 11 is 0. The summed E-state index contributed by atoms with van der Waals surface area (Å²) in [5.41, 5.74) is 1.43. The maximum atomic E-state index is 12.9. The molecule has 32 heavy (non-hydrogen) atoms. The van der Waals surface area contributed by atoms with E-state index in [0.29, 0.717) is 12.5 Å². The van der Waals surface area contributed by atoms with Crippen molar-refractivity contribution in [1.82, 2.24) is 14.7 Å². The van der Waals surface area contributed by atoms with Crippen LogP contribution in [0, 0.1) is 11.8 Å². The van der Waals surface area contributed by atoms with Crippen LogP contribution in [0.5, 0.6) is 0 Å². The van der Waals surface area contributed by atoms with E-state index in [1.165, 1.54) is 37.7 Å². The fourth-order valence-electron chi connectivity index (χ4n) is 5.67. The topological polar surface area (TPSA) is 43.9 Å². The summed E-state index contributed by atoms with van der Waals surface area (Å²) < 4.78 is 0. The first-order chi connectivity index (χ1) is 15.7. The van der Waals surface area contributed by atoms with E-state index in [0.717, 1.165) is 77.3 Å². The Kier molecular flexibility index (Phi) is 8.61. The number of likely N-dealkylation sites (tertiary alicyclic amines) is 3. The van der Waals surface area contributed by atoms with Crippen molar-refractivity contribution in [2.75, 3.05) is 45.8 Å². The average Bonchev–Trinajstić information content (AvgIpc) is 3.14. The van der Waals surface area contributed by atoms with Crippen LogP contribution in [-0.2, 0) is 16.0 Å². The molecular formula is C27H41N3O2. The number of piperidine rings is 2. The van der Waals surface area contributed by atoms with Crippen molar-refractivity contribution < 1.29 is 9.59 Å². The lowest BCUT2D eigenvalue weighted by Gasteiger charge is -2.36. The molecule has 0 atom stereocenters. The maximum Gasteiger partial charge on any atom is 0.236 e. The Balaban J connectivity index is 1.14. The van der Waals surface area contributed by atoms with Crippen LogP contribution >= 0.6 is 0 Å². The summed E-state index contributed by atoms with van der Waals surface area (Å²) in [6.45, 7) is 5.98. The van der Waals surface area contributed by atoms with Crippen molar-refractivity contribution in [1.29, 1.82) is 0 Å². The van der Waals surface area contributed by atoms with Crippen molar-refractivity contribution in [2.24, 2.45) is 11.8 Å². The highest BCUT2D eigenvalue weighted by atomic mass is 16.2. The summed E-state index contributed by atoms with van der Waals surface area (Å²) in [6.07, 6.45) is 11.3. The van der Waals surface area contributed by atoms with E-state index in [-0.39, 0.29) is 11.8 Å². The first-order valence-corrected chi connectivity index (χ1v) is 13.0. The molecular weight excluding hydrogens is 398 g/mol. The number of aryl methyl sites for hydroxylation is 1. The molecule has 4 rings (SSSR count). The Morgan fingerprint density at radius 1 is 0.750 bits per heavy atom. The van der Waals surface area contributed by atoms with Crippen LogP contribution in [-0.4, -0.2) is 72.3 Å². The minimum atomic E-state index is 0.123. The highest BCUT2D eigenvalue weighted by molar-refractivity contribution is 5.81. The van der Waals surface area contributed by atoms with Crippen molar-refractivity contribution in [2.45, 2.75) is 64.2 Å². The van der Waals surface area contributed by atoms with Gasteiger partial charge >= 0.3 is 0 Å². The van der Waals surface area contributed by atoms with Crippen LogP contribution in [0.4, 0.5) is 0 Å². The normalized spacial score (nSPS) is 22.0. The van der Waals surface area contributed by atoms with Gasteiger partial charge in [-0.25, -0.2) is 0 Å². The van der Waals surface area contributed by atoms with Crippen LogP contribution in [0.25, 0.3) is 0 Å². The van der Waals surface area contributed by atoms with E-state index < -0.39 is 0 Å². The van der Waals surface area contributed by atoms with Crippen LogP contribution < -0.4 is 0 Å². The monoisotopic (exact) mass is 439 g/mol. The first-order valence-electron chi connectivity index (χ1n) is 13.0. The quantitative estimate of drug-likeness (QED) is 0.674. The molecule has 3 aliphatic rings. The van der Waals surface area contributed by atoms with E-state index in [4.69, 9.17) is 0 Å². The van der Waals surface area contributed by atoms with Gasteiger partial charge in [-0.05, 0) is 75.9 Å². The SMILES string of the molecule is O=C(CN1CCC(CCc2ccccc2)CC1)N1CCC(C(=O)N2CCCCCC2)CC1. The van der Waals surface area contributed by atoms with Gasteiger partial charge in [0.15, 0.2) is 0 Å². The predicted octanol–water partition coefficient (Wildman–Crippen LogP) is 3.97. The van der Waals surface area contributed by atoms with Crippen molar-refractivity contribution in [3.8, 4) is 0 Å². The van der Waals surface area contributed by atoms with Crippen molar-refractivity contribution in [3.63, 3.8) is 0 Å². The molecule has 0 spiro atoms.